The van der Waals surface area contributed by atoms with E-state index in [1.807, 2.05) is 4.90 Å². The Morgan fingerprint density at radius 1 is 1.41 bits per heavy atom. The van der Waals surface area contributed by atoms with Gasteiger partial charge in [0, 0.05) is 23.9 Å². The number of rotatable bonds is 5. The van der Waals surface area contributed by atoms with E-state index in [9.17, 15) is 9.59 Å². The molecule has 1 aliphatic carbocycles. The first kappa shape index (κ1) is 20.6. The zero-order valence-corrected chi connectivity index (χ0v) is 17.6. The van der Waals surface area contributed by atoms with Crippen LogP contribution < -0.4 is 10.6 Å². The summed E-state index contributed by atoms with van der Waals surface area (Å²) >= 11 is 1.78. The molecule has 2 aliphatic heterocycles. The van der Waals surface area contributed by atoms with Gasteiger partial charge in [-0.05, 0) is 67.6 Å². The van der Waals surface area contributed by atoms with Crippen LogP contribution >= 0.6 is 23.7 Å². The molecule has 3 heterocycles. The maximum Gasteiger partial charge on any atom is 0.245 e. The van der Waals surface area contributed by atoms with Crippen molar-refractivity contribution in [2.45, 2.75) is 58.0 Å². The van der Waals surface area contributed by atoms with E-state index in [0.717, 1.165) is 58.2 Å². The van der Waals surface area contributed by atoms with Crippen LogP contribution in [-0.4, -0.2) is 42.4 Å². The molecule has 7 heteroatoms. The highest BCUT2D eigenvalue weighted by Gasteiger charge is 2.57. The highest BCUT2D eigenvalue weighted by Crippen LogP contribution is 2.58. The topological polar surface area (TPSA) is 61.4 Å². The van der Waals surface area contributed by atoms with Gasteiger partial charge in [0.1, 0.15) is 6.04 Å². The first-order valence-corrected chi connectivity index (χ1v) is 10.9. The summed E-state index contributed by atoms with van der Waals surface area (Å²) in [5, 5.41) is 8.60. The number of amides is 2. The van der Waals surface area contributed by atoms with Gasteiger partial charge in [-0.2, -0.15) is 0 Å². The van der Waals surface area contributed by atoms with Gasteiger partial charge in [-0.15, -0.1) is 23.7 Å². The Labute approximate surface area is 171 Å². The number of nitrogens with one attached hydrogen (secondary N) is 2. The number of carbonyl (C=O) groups is 2. The van der Waals surface area contributed by atoms with Crippen molar-refractivity contribution in [2.75, 3.05) is 19.6 Å². The molecule has 1 saturated heterocycles. The summed E-state index contributed by atoms with van der Waals surface area (Å²) in [7, 11) is 0. The Hall–Kier alpha value is -1.11. The maximum absolute atomic E-state index is 13.1. The van der Waals surface area contributed by atoms with Crippen molar-refractivity contribution < 1.29 is 9.59 Å². The monoisotopic (exact) mass is 411 g/mol. The summed E-state index contributed by atoms with van der Waals surface area (Å²) in [5.74, 6) is 0.311. The second kappa shape index (κ2) is 8.50. The van der Waals surface area contributed by atoms with Crippen LogP contribution in [0.4, 0.5) is 0 Å². The number of thiophene rings is 1. The van der Waals surface area contributed by atoms with E-state index in [2.05, 4.69) is 29.0 Å². The van der Waals surface area contributed by atoms with Crippen LogP contribution in [0.25, 0.3) is 0 Å². The molecule has 5 nitrogen and oxygen atoms in total. The average molecular weight is 412 g/mol. The first-order valence-electron chi connectivity index (χ1n) is 9.98. The van der Waals surface area contributed by atoms with Gasteiger partial charge in [0.2, 0.25) is 11.8 Å². The van der Waals surface area contributed by atoms with Crippen LogP contribution in [0.1, 0.15) is 49.5 Å². The number of carbonyl (C=O) groups excluding carboxylic acids is 2. The highest BCUT2D eigenvalue weighted by molar-refractivity contribution is 7.10. The molecule has 0 aromatic carbocycles. The van der Waals surface area contributed by atoms with Gasteiger partial charge >= 0.3 is 0 Å². The van der Waals surface area contributed by atoms with Gasteiger partial charge in [-0.25, -0.2) is 0 Å². The standard InChI is InChI=1S/C20H29N3O2S.ClH/c1-2-3-16(19(25)23-10-4-17-14(13-23)5-11-26-17)22-18(24)15-12-20(15)6-8-21-9-7-20;/h5,11,15-16,21H,2-4,6-10,12-13H2,1H3,(H,22,24);1H. The molecule has 2 fully saturated rings. The summed E-state index contributed by atoms with van der Waals surface area (Å²) in [4.78, 5) is 29.2. The third kappa shape index (κ3) is 4.17. The Bertz CT molecular complexity index is 687. The van der Waals surface area contributed by atoms with E-state index in [0.29, 0.717) is 6.54 Å². The van der Waals surface area contributed by atoms with Crippen LogP contribution in [-0.2, 0) is 22.6 Å². The Kier molecular flexibility index (Phi) is 6.49. The smallest absolute Gasteiger partial charge is 0.245 e. The molecule has 1 saturated carbocycles. The van der Waals surface area contributed by atoms with Crippen molar-refractivity contribution in [3.8, 4) is 0 Å². The quantitative estimate of drug-likeness (QED) is 0.783. The fourth-order valence-corrected chi connectivity index (χ4v) is 5.56. The van der Waals surface area contributed by atoms with Crippen molar-refractivity contribution in [1.29, 1.82) is 0 Å². The van der Waals surface area contributed by atoms with Gasteiger partial charge < -0.3 is 15.5 Å². The van der Waals surface area contributed by atoms with Gasteiger partial charge in [0.15, 0.2) is 0 Å². The van der Waals surface area contributed by atoms with Gasteiger partial charge in [0.25, 0.3) is 0 Å². The van der Waals surface area contributed by atoms with Crippen molar-refractivity contribution in [2.24, 2.45) is 11.3 Å². The molecule has 4 rings (SSSR count). The molecule has 1 aromatic rings. The summed E-state index contributed by atoms with van der Waals surface area (Å²) in [6, 6.07) is 1.75. The SMILES string of the molecule is CCCC(NC(=O)C1CC12CCNCC2)C(=O)N1CCc2sccc2C1.Cl. The molecule has 1 aromatic heterocycles. The number of piperidine rings is 1. The minimum absolute atomic E-state index is 0. The van der Waals surface area contributed by atoms with Crippen LogP contribution in [0.5, 0.6) is 0 Å². The lowest BCUT2D eigenvalue weighted by atomic mass is 9.91. The molecule has 0 bridgehead atoms. The molecule has 0 radical (unpaired) electrons. The minimum Gasteiger partial charge on any atom is -0.344 e. The second-order valence-corrected chi connectivity index (χ2v) is 9.10. The maximum atomic E-state index is 13.1. The largest absolute Gasteiger partial charge is 0.344 e. The lowest BCUT2D eigenvalue weighted by Crippen LogP contribution is -2.50. The summed E-state index contributed by atoms with van der Waals surface area (Å²) in [6.07, 6.45) is 5.72. The number of nitrogens with zero attached hydrogens (tertiary/aromatic N) is 1. The molecule has 2 unspecified atom stereocenters. The molecular formula is C20H30ClN3O2S. The van der Waals surface area contributed by atoms with Crippen LogP contribution in [0.2, 0.25) is 0 Å². The Balaban J connectivity index is 0.00000210. The first-order chi connectivity index (χ1) is 12.6. The lowest BCUT2D eigenvalue weighted by Gasteiger charge is -2.31. The minimum atomic E-state index is -0.368. The molecule has 2 N–H and O–H groups in total. The Morgan fingerprint density at radius 3 is 2.93 bits per heavy atom. The predicted octanol–water partition coefficient (Wildman–Crippen LogP) is 2.73. The van der Waals surface area contributed by atoms with Crippen molar-refractivity contribution in [3.63, 3.8) is 0 Å². The molecule has 27 heavy (non-hydrogen) atoms. The molecule has 3 aliphatic rings. The van der Waals surface area contributed by atoms with Crippen molar-refractivity contribution in [1.82, 2.24) is 15.5 Å². The molecule has 1 spiro atoms. The van der Waals surface area contributed by atoms with Crippen LogP contribution in [0.3, 0.4) is 0 Å². The summed E-state index contributed by atoms with van der Waals surface area (Å²) < 4.78 is 0. The second-order valence-electron chi connectivity index (χ2n) is 8.10. The number of fused-ring (bicyclic) bond motifs is 1. The normalized spacial score (nSPS) is 23.9. The van der Waals surface area contributed by atoms with Crippen LogP contribution in [0, 0.1) is 11.3 Å². The van der Waals surface area contributed by atoms with Gasteiger partial charge in [-0.1, -0.05) is 13.3 Å². The zero-order chi connectivity index (χ0) is 18.1. The number of hydrogen-bond donors (Lipinski definition) is 2. The molecular weight excluding hydrogens is 382 g/mol. The summed E-state index contributed by atoms with van der Waals surface area (Å²) in [5.41, 5.74) is 1.48. The van der Waals surface area contributed by atoms with E-state index < -0.39 is 0 Å². The van der Waals surface area contributed by atoms with Gasteiger partial charge in [0.05, 0.1) is 0 Å². The van der Waals surface area contributed by atoms with E-state index in [1.165, 1.54) is 10.4 Å². The van der Waals surface area contributed by atoms with Crippen molar-refractivity contribution >= 4 is 35.6 Å². The average Bonchev–Trinajstić information content (AvgIpc) is 3.14. The van der Waals surface area contributed by atoms with E-state index in [1.54, 1.807) is 11.3 Å². The fourth-order valence-electron chi connectivity index (χ4n) is 4.67. The molecule has 2 atom stereocenters. The van der Waals surface area contributed by atoms with E-state index in [4.69, 9.17) is 0 Å². The third-order valence-electron chi connectivity index (χ3n) is 6.42. The molecule has 2 amide bonds. The van der Waals surface area contributed by atoms with E-state index in [-0.39, 0.29) is 41.6 Å². The highest BCUT2D eigenvalue weighted by atomic mass is 35.5. The predicted molar refractivity (Wildman–Crippen MR) is 110 cm³/mol. The third-order valence-corrected chi connectivity index (χ3v) is 7.44. The number of hydrogen-bond acceptors (Lipinski definition) is 4. The van der Waals surface area contributed by atoms with Crippen LogP contribution in [0.15, 0.2) is 11.4 Å². The lowest BCUT2D eigenvalue weighted by molar-refractivity contribution is -0.138. The zero-order valence-electron chi connectivity index (χ0n) is 16.0. The summed E-state index contributed by atoms with van der Waals surface area (Å²) in [6.45, 7) is 5.55. The van der Waals surface area contributed by atoms with E-state index >= 15 is 0 Å². The number of halogens is 1. The fraction of sp³-hybridized carbons (Fsp3) is 0.700. The Morgan fingerprint density at radius 2 is 2.19 bits per heavy atom. The molecule has 150 valence electrons. The van der Waals surface area contributed by atoms with Crippen molar-refractivity contribution in [3.05, 3.63) is 21.9 Å². The van der Waals surface area contributed by atoms with Gasteiger partial charge in [-0.3, -0.25) is 9.59 Å².